The van der Waals surface area contributed by atoms with Gasteiger partial charge in [-0.25, -0.2) is 0 Å². The lowest BCUT2D eigenvalue weighted by atomic mass is 9.99. The first-order valence-corrected chi connectivity index (χ1v) is 9.38. The van der Waals surface area contributed by atoms with E-state index in [2.05, 4.69) is 35.0 Å². The van der Waals surface area contributed by atoms with Crippen LogP contribution in [0.3, 0.4) is 0 Å². The van der Waals surface area contributed by atoms with Gasteiger partial charge in [0.2, 0.25) is 0 Å². The lowest BCUT2D eigenvalue weighted by Gasteiger charge is -2.34. The molecule has 28 heavy (non-hydrogen) atoms. The summed E-state index contributed by atoms with van der Waals surface area (Å²) in [6.07, 6.45) is 2.10. The lowest BCUT2D eigenvalue weighted by Crippen LogP contribution is -3.12. The van der Waals surface area contributed by atoms with Crippen LogP contribution in [-0.4, -0.2) is 30.3 Å². The zero-order chi connectivity index (χ0) is 19.1. The van der Waals surface area contributed by atoms with E-state index in [0.717, 1.165) is 30.2 Å². The summed E-state index contributed by atoms with van der Waals surface area (Å²) in [6, 6.07) is 13.5. The van der Waals surface area contributed by atoms with Crippen LogP contribution >= 0.6 is 0 Å². The average molecular weight is 380 g/mol. The topological polar surface area (TPSA) is 81.1 Å². The van der Waals surface area contributed by atoms with Gasteiger partial charge in [0.25, 0.3) is 0 Å². The number of carbonyl (C=O) groups is 1. The molecule has 2 aliphatic rings. The van der Waals surface area contributed by atoms with Gasteiger partial charge in [0, 0.05) is 11.8 Å². The van der Waals surface area contributed by atoms with Crippen molar-refractivity contribution in [2.24, 2.45) is 0 Å². The minimum absolute atomic E-state index is 0.0797. The van der Waals surface area contributed by atoms with Crippen LogP contribution in [0.15, 0.2) is 53.1 Å². The summed E-state index contributed by atoms with van der Waals surface area (Å²) in [4.78, 5) is 12.3. The normalized spacial score (nSPS) is 20.6. The van der Waals surface area contributed by atoms with E-state index in [4.69, 9.17) is 13.9 Å². The van der Waals surface area contributed by atoms with E-state index >= 15 is 0 Å². The molecule has 0 bridgehead atoms. The first-order chi connectivity index (χ1) is 13.7. The number of ether oxygens (including phenoxy) is 2. The number of rotatable bonds is 4. The molecule has 144 valence electrons. The van der Waals surface area contributed by atoms with Crippen LogP contribution in [0.2, 0.25) is 0 Å². The predicted octanol–water partition coefficient (Wildman–Crippen LogP) is 0.404. The van der Waals surface area contributed by atoms with Gasteiger partial charge in [-0.15, -0.1) is 0 Å². The molecule has 7 heteroatoms. The SMILES string of the molecule is O=C([O-])c1ccc(C[NH+]2CCn3cccc3[C@H]2c2ccc3c(c2)OCCO3)o1. The van der Waals surface area contributed by atoms with Crippen molar-refractivity contribution in [3.05, 3.63) is 71.4 Å². The third-order valence-corrected chi connectivity index (χ3v) is 5.41. The molecule has 4 heterocycles. The Labute approximate surface area is 161 Å². The molecule has 0 radical (unpaired) electrons. The Morgan fingerprint density at radius 1 is 1.14 bits per heavy atom. The molecule has 1 aromatic carbocycles. The maximum absolute atomic E-state index is 11.0. The summed E-state index contributed by atoms with van der Waals surface area (Å²) < 4.78 is 19.2. The highest BCUT2D eigenvalue weighted by Crippen LogP contribution is 2.34. The minimum Gasteiger partial charge on any atom is -0.542 e. The van der Waals surface area contributed by atoms with E-state index in [1.807, 2.05) is 6.07 Å². The standard InChI is InChI=1S/C21H20N2O5/c24-21(25)18-6-4-15(28-18)13-23-9-8-22-7-1-2-16(22)20(23)14-3-5-17-19(12-14)27-11-10-26-17/h1-7,12,20H,8-11,13H2,(H,24,25)/t20-/m1/s1. The van der Waals surface area contributed by atoms with Crippen LogP contribution in [0.25, 0.3) is 0 Å². The molecule has 0 saturated heterocycles. The molecule has 5 rings (SSSR count). The fourth-order valence-electron chi connectivity index (χ4n) is 4.15. The smallest absolute Gasteiger partial charge is 0.161 e. The summed E-state index contributed by atoms with van der Waals surface area (Å²) in [5.41, 5.74) is 2.34. The van der Waals surface area contributed by atoms with E-state index < -0.39 is 5.97 Å². The number of hydrogen-bond donors (Lipinski definition) is 1. The zero-order valence-electron chi connectivity index (χ0n) is 15.2. The molecule has 7 nitrogen and oxygen atoms in total. The van der Waals surface area contributed by atoms with Crippen molar-refractivity contribution in [1.29, 1.82) is 0 Å². The molecule has 0 amide bonds. The second-order valence-corrected chi connectivity index (χ2v) is 7.10. The van der Waals surface area contributed by atoms with E-state index in [1.54, 1.807) is 6.07 Å². The van der Waals surface area contributed by atoms with Gasteiger partial charge in [0.1, 0.15) is 31.5 Å². The molecule has 2 aromatic heterocycles. The first-order valence-electron chi connectivity index (χ1n) is 9.38. The number of aromatic nitrogens is 1. The van der Waals surface area contributed by atoms with Gasteiger partial charge < -0.3 is 33.3 Å². The Kier molecular flexibility index (Phi) is 4.09. The van der Waals surface area contributed by atoms with Gasteiger partial charge in [-0.3, -0.25) is 0 Å². The molecule has 2 aliphatic heterocycles. The van der Waals surface area contributed by atoms with Gasteiger partial charge in [0.05, 0.1) is 18.8 Å². The number of fused-ring (bicyclic) bond motifs is 2. The van der Waals surface area contributed by atoms with Gasteiger partial charge in [-0.05, 0) is 42.5 Å². The molecule has 0 saturated carbocycles. The predicted molar refractivity (Wildman–Crippen MR) is 96.3 cm³/mol. The number of nitrogens with zero attached hydrogens (tertiary/aromatic N) is 1. The van der Waals surface area contributed by atoms with Gasteiger partial charge in [-0.1, -0.05) is 0 Å². The Bertz CT molecular complexity index is 1020. The Hall–Kier alpha value is -3.19. The van der Waals surface area contributed by atoms with Crippen molar-refractivity contribution >= 4 is 5.97 Å². The molecule has 3 aromatic rings. The van der Waals surface area contributed by atoms with Crippen molar-refractivity contribution in [2.75, 3.05) is 19.8 Å². The highest BCUT2D eigenvalue weighted by Gasteiger charge is 2.34. The highest BCUT2D eigenvalue weighted by atomic mass is 16.6. The Morgan fingerprint density at radius 2 is 2.00 bits per heavy atom. The van der Waals surface area contributed by atoms with Crippen molar-refractivity contribution in [3.63, 3.8) is 0 Å². The molecule has 1 N–H and O–H groups in total. The van der Waals surface area contributed by atoms with Gasteiger partial charge in [0.15, 0.2) is 23.3 Å². The minimum atomic E-state index is -1.29. The Morgan fingerprint density at radius 3 is 2.82 bits per heavy atom. The summed E-state index contributed by atoms with van der Waals surface area (Å²) >= 11 is 0. The summed E-state index contributed by atoms with van der Waals surface area (Å²) in [7, 11) is 0. The number of aromatic carboxylic acids is 1. The van der Waals surface area contributed by atoms with Crippen molar-refractivity contribution in [3.8, 4) is 11.5 Å². The second-order valence-electron chi connectivity index (χ2n) is 7.10. The average Bonchev–Trinajstić information content (AvgIpc) is 3.37. The molecule has 1 unspecified atom stereocenters. The van der Waals surface area contributed by atoms with Crippen molar-refractivity contribution < 1.29 is 28.7 Å². The number of carboxylic acids is 1. The van der Waals surface area contributed by atoms with Gasteiger partial charge >= 0.3 is 0 Å². The number of nitrogens with one attached hydrogen (secondary N) is 1. The van der Waals surface area contributed by atoms with Crippen LogP contribution in [0.5, 0.6) is 11.5 Å². The monoisotopic (exact) mass is 380 g/mol. The molecule has 0 aliphatic carbocycles. The van der Waals surface area contributed by atoms with Crippen molar-refractivity contribution in [1.82, 2.24) is 4.57 Å². The Balaban J connectivity index is 1.50. The third kappa shape index (κ3) is 2.93. The van der Waals surface area contributed by atoms with E-state index in [9.17, 15) is 9.90 Å². The molecular weight excluding hydrogens is 360 g/mol. The molecule has 2 atom stereocenters. The summed E-state index contributed by atoms with van der Waals surface area (Å²) in [5.74, 6) is 0.746. The number of furan rings is 1. The van der Waals surface area contributed by atoms with E-state index in [-0.39, 0.29) is 11.8 Å². The van der Waals surface area contributed by atoms with Crippen molar-refractivity contribution in [2.45, 2.75) is 19.1 Å². The number of carboxylic acid groups (broad SMARTS) is 1. The largest absolute Gasteiger partial charge is 0.542 e. The number of hydrogen-bond acceptors (Lipinski definition) is 5. The molecule has 0 spiro atoms. The van der Waals surface area contributed by atoms with E-state index in [0.29, 0.717) is 25.5 Å². The first kappa shape index (κ1) is 16.9. The highest BCUT2D eigenvalue weighted by molar-refractivity contribution is 5.82. The zero-order valence-corrected chi connectivity index (χ0v) is 15.2. The number of quaternary nitrogens is 1. The maximum Gasteiger partial charge on any atom is 0.161 e. The number of carbonyl (C=O) groups excluding carboxylic acids is 1. The number of benzene rings is 1. The molecule has 0 fully saturated rings. The second kappa shape index (κ2) is 6.76. The van der Waals surface area contributed by atoms with Crippen LogP contribution in [0, 0.1) is 0 Å². The molecular formula is C21H20N2O5. The van der Waals surface area contributed by atoms with Crippen LogP contribution in [0.4, 0.5) is 0 Å². The third-order valence-electron chi connectivity index (χ3n) is 5.41. The van der Waals surface area contributed by atoms with Crippen LogP contribution < -0.4 is 19.5 Å². The quantitative estimate of drug-likeness (QED) is 0.709. The van der Waals surface area contributed by atoms with Crippen LogP contribution in [0.1, 0.15) is 33.6 Å². The fourth-order valence-corrected chi connectivity index (χ4v) is 4.15. The van der Waals surface area contributed by atoms with E-state index in [1.165, 1.54) is 16.7 Å². The lowest BCUT2D eigenvalue weighted by molar-refractivity contribution is -0.944. The van der Waals surface area contributed by atoms with Crippen LogP contribution in [-0.2, 0) is 13.1 Å². The fraction of sp³-hybridized carbons (Fsp3) is 0.286. The summed E-state index contributed by atoms with van der Waals surface area (Å²) in [6.45, 7) is 3.48. The van der Waals surface area contributed by atoms with Gasteiger partial charge in [-0.2, -0.15) is 0 Å². The maximum atomic E-state index is 11.0. The summed E-state index contributed by atoms with van der Waals surface area (Å²) in [5, 5.41) is 11.0.